The van der Waals surface area contributed by atoms with Crippen LogP contribution in [0.15, 0.2) is 6.07 Å². The molecule has 1 aromatic rings. The normalized spacial score (nSPS) is 25.1. The molecule has 16 heavy (non-hydrogen) atoms. The van der Waals surface area contributed by atoms with Gasteiger partial charge in [0.1, 0.15) is 11.6 Å². The van der Waals surface area contributed by atoms with E-state index in [2.05, 4.69) is 6.92 Å². The van der Waals surface area contributed by atoms with Crippen molar-refractivity contribution in [3.63, 3.8) is 0 Å². The molecule has 0 N–H and O–H groups in total. The predicted molar refractivity (Wildman–Crippen MR) is 61.8 cm³/mol. The van der Waals surface area contributed by atoms with Gasteiger partial charge in [-0.05, 0) is 48.8 Å². The van der Waals surface area contributed by atoms with E-state index in [9.17, 15) is 8.78 Å². The largest absolute Gasteiger partial charge is 0.207 e. The minimum atomic E-state index is -0.489. The van der Waals surface area contributed by atoms with Gasteiger partial charge in [0.25, 0.3) is 0 Å². The molecule has 0 heterocycles. The fourth-order valence-corrected chi connectivity index (χ4v) is 3.05. The highest BCUT2D eigenvalue weighted by Crippen LogP contribution is 2.39. The van der Waals surface area contributed by atoms with E-state index < -0.39 is 11.6 Å². The lowest BCUT2D eigenvalue weighted by Gasteiger charge is -2.16. The Labute approximate surface area is 99.6 Å². The van der Waals surface area contributed by atoms with Crippen molar-refractivity contribution in [2.45, 2.75) is 38.5 Å². The number of hydrogen-bond acceptors (Lipinski definition) is 0. The summed E-state index contributed by atoms with van der Waals surface area (Å²) >= 11 is 6.26. The molecule has 1 aliphatic rings. The number of alkyl halides is 1. The van der Waals surface area contributed by atoms with Crippen LogP contribution in [0.3, 0.4) is 0 Å². The predicted octanol–water partition coefficient (Wildman–Crippen LogP) is 4.53. The first-order chi connectivity index (χ1) is 7.50. The zero-order valence-corrected chi connectivity index (χ0v) is 10.2. The van der Waals surface area contributed by atoms with Gasteiger partial charge < -0.3 is 0 Å². The molecule has 2 atom stereocenters. The van der Waals surface area contributed by atoms with Crippen LogP contribution in [0.2, 0.25) is 0 Å². The molecule has 3 heteroatoms. The van der Waals surface area contributed by atoms with Crippen LogP contribution in [0.1, 0.15) is 41.8 Å². The van der Waals surface area contributed by atoms with E-state index in [0.29, 0.717) is 29.0 Å². The van der Waals surface area contributed by atoms with Crippen LogP contribution < -0.4 is 0 Å². The molecule has 1 aliphatic carbocycles. The maximum atomic E-state index is 13.7. The van der Waals surface area contributed by atoms with E-state index in [1.807, 2.05) is 0 Å². The second-order valence-corrected chi connectivity index (χ2v) is 5.23. The van der Waals surface area contributed by atoms with Crippen molar-refractivity contribution in [1.29, 1.82) is 0 Å². The Hall–Kier alpha value is -0.630. The van der Waals surface area contributed by atoms with E-state index in [1.54, 1.807) is 6.92 Å². The highest BCUT2D eigenvalue weighted by molar-refractivity contribution is 6.21. The lowest BCUT2D eigenvalue weighted by atomic mass is 9.96. The molecule has 0 bridgehead atoms. The summed E-state index contributed by atoms with van der Waals surface area (Å²) < 4.78 is 27.2. The minimum Gasteiger partial charge on any atom is -0.207 e. The molecule has 0 radical (unpaired) electrons. The third-order valence-corrected chi connectivity index (χ3v) is 3.84. The molecule has 0 amide bonds. The van der Waals surface area contributed by atoms with Gasteiger partial charge in [-0.1, -0.05) is 6.92 Å². The van der Waals surface area contributed by atoms with Gasteiger partial charge in [-0.2, -0.15) is 0 Å². The van der Waals surface area contributed by atoms with Gasteiger partial charge >= 0.3 is 0 Å². The second kappa shape index (κ2) is 4.33. The van der Waals surface area contributed by atoms with Crippen LogP contribution >= 0.6 is 11.6 Å². The molecule has 0 fully saturated rings. The number of halogens is 3. The van der Waals surface area contributed by atoms with E-state index in [-0.39, 0.29) is 5.38 Å². The molecular weight excluding hydrogens is 230 g/mol. The van der Waals surface area contributed by atoms with Crippen LogP contribution in [-0.4, -0.2) is 0 Å². The minimum absolute atomic E-state index is 0.266. The van der Waals surface area contributed by atoms with E-state index in [1.165, 1.54) is 0 Å². The van der Waals surface area contributed by atoms with Gasteiger partial charge in [0.05, 0.1) is 5.38 Å². The average Bonchev–Trinajstić information content (AvgIpc) is 2.34. The molecule has 0 spiro atoms. The van der Waals surface area contributed by atoms with Gasteiger partial charge in [-0.15, -0.1) is 11.6 Å². The third kappa shape index (κ3) is 1.95. The fraction of sp³-hybridized carbons (Fsp3) is 0.538. The van der Waals surface area contributed by atoms with Crippen molar-refractivity contribution in [3.8, 4) is 0 Å². The summed E-state index contributed by atoms with van der Waals surface area (Å²) in [5.74, 6) is -0.480. The Kier molecular flexibility index (Phi) is 3.20. The Morgan fingerprint density at radius 3 is 2.69 bits per heavy atom. The molecule has 2 rings (SSSR count). The van der Waals surface area contributed by atoms with Gasteiger partial charge in [-0.3, -0.25) is 0 Å². The van der Waals surface area contributed by atoms with Crippen molar-refractivity contribution in [2.75, 3.05) is 0 Å². The first-order valence-electron chi connectivity index (χ1n) is 5.62. The zero-order valence-electron chi connectivity index (χ0n) is 9.49. The average molecular weight is 245 g/mol. The first kappa shape index (κ1) is 11.8. The summed E-state index contributed by atoms with van der Waals surface area (Å²) in [6.45, 7) is 3.78. The van der Waals surface area contributed by atoms with E-state index in [0.717, 1.165) is 18.9 Å². The third-order valence-electron chi connectivity index (χ3n) is 3.44. The van der Waals surface area contributed by atoms with Crippen LogP contribution in [0.25, 0.3) is 0 Å². The molecule has 0 aliphatic heterocycles. The van der Waals surface area contributed by atoms with Gasteiger partial charge in [-0.25, -0.2) is 8.78 Å². The van der Waals surface area contributed by atoms with Gasteiger partial charge in [0.15, 0.2) is 0 Å². The summed E-state index contributed by atoms with van der Waals surface area (Å²) in [5, 5.41) is -0.266. The van der Waals surface area contributed by atoms with Crippen LogP contribution in [0, 0.1) is 24.5 Å². The van der Waals surface area contributed by atoms with E-state index in [4.69, 9.17) is 11.6 Å². The summed E-state index contributed by atoms with van der Waals surface area (Å²) in [6, 6.07) is 0.980. The zero-order chi connectivity index (χ0) is 11.9. The molecule has 1 aromatic carbocycles. The topological polar surface area (TPSA) is 0 Å². The molecule has 0 aromatic heterocycles. The lowest BCUT2D eigenvalue weighted by molar-refractivity contribution is 0.500. The van der Waals surface area contributed by atoms with Gasteiger partial charge in [0, 0.05) is 6.07 Å². The molecule has 2 unspecified atom stereocenters. The molecule has 88 valence electrons. The van der Waals surface area contributed by atoms with Crippen molar-refractivity contribution < 1.29 is 8.78 Å². The summed E-state index contributed by atoms with van der Waals surface area (Å²) in [7, 11) is 0. The van der Waals surface area contributed by atoms with Crippen LogP contribution in [-0.2, 0) is 6.42 Å². The SMILES string of the molecule is Cc1c(F)cc(F)c2c1C(Cl)CC(C)CC2. The number of rotatable bonds is 0. The maximum Gasteiger partial charge on any atom is 0.129 e. The quantitative estimate of drug-likeness (QED) is 0.465. The Bertz CT molecular complexity index is 415. The maximum absolute atomic E-state index is 13.7. The highest BCUT2D eigenvalue weighted by Gasteiger charge is 2.26. The lowest BCUT2D eigenvalue weighted by Crippen LogP contribution is -2.03. The molecule has 0 saturated heterocycles. The Balaban J connectivity index is 2.59. The van der Waals surface area contributed by atoms with Crippen molar-refractivity contribution >= 4 is 11.6 Å². The first-order valence-corrected chi connectivity index (χ1v) is 6.05. The Morgan fingerprint density at radius 1 is 1.31 bits per heavy atom. The monoisotopic (exact) mass is 244 g/mol. The second-order valence-electron chi connectivity index (χ2n) is 4.70. The number of hydrogen-bond donors (Lipinski definition) is 0. The van der Waals surface area contributed by atoms with Crippen molar-refractivity contribution in [3.05, 3.63) is 34.4 Å². The summed E-state index contributed by atoms with van der Waals surface area (Å²) in [5.41, 5.74) is 1.80. The van der Waals surface area contributed by atoms with Crippen molar-refractivity contribution in [1.82, 2.24) is 0 Å². The van der Waals surface area contributed by atoms with Crippen LogP contribution in [0.5, 0.6) is 0 Å². The molecular formula is C13H15ClF2. The molecule has 0 nitrogen and oxygen atoms in total. The summed E-state index contributed by atoms with van der Waals surface area (Å²) in [4.78, 5) is 0. The molecule has 0 saturated carbocycles. The number of benzene rings is 1. The summed E-state index contributed by atoms with van der Waals surface area (Å²) in [6.07, 6.45) is 2.36. The van der Waals surface area contributed by atoms with Crippen molar-refractivity contribution in [2.24, 2.45) is 5.92 Å². The van der Waals surface area contributed by atoms with Gasteiger partial charge in [0.2, 0.25) is 0 Å². The Morgan fingerprint density at radius 2 is 2.00 bits per heavy atom. The highest BCUT2D eigenvalue weighted by atomic mass is 35.5. The smallest absolute Gasteiger partial charge is 0.129 e. The standard InChI is InChI=1S/C13H15ClF2/c1-7-3-4-9-12(16)6-11(15)8(2)13(9)10(14)5-7/h6-7,10H,3-5H2,1-2H3. The fourth-order valence-electron chi connectivity index (χ4n) is 2.45. The van der Waals surface area contributed by atoms with Crippen LogP contribution in [0.4, 0.5) is 8.78 Å². The number of fused-ring (bicyclic) bond motifs is 1. The van der Waals surface area contributed by atoms with E-state index >= 15 is 0 Å².